The Labute approximate surface area is 348 Å². The Kier molecular flexibility index (Phi) is 41.8. The summed E-state index contributed by atoms with van der Waals surface area (Å²) >= 11 is 0. The summed E-state index contributed by atoms with van der Waals surface area (Å²) in [7, 11) is 0. The van der Waals surface area contributed by atoms with Gasteiger partial charge in [-0.2, -0.15) is 0 Å². The highest BCUT2D eigenvalue weighted by molar-refractivity contribution is 5.71. The quantitative estimate of drug-likeness (QED) is 0.0347. The van der Waals surface area contributed by atoms with E-state index in [1.54, 1.807) is 0 Å². The van der Waals surface area contributed by atoms with E-state index in [1.165, 1.54) is 154 Å². The summed E-state index contributed by atoms with van der Waals surface area (Å²) in [5, 5.41) is 0. The van der Waals surface area contributed by atoms with E-state index in [4.69, 9.17) is 14.2 Å². The molecule has 0 amide bonds. The molecule has 0 aliphatic rings. The van der Waals surface area contributed by atoms with Gasteiger partial charge in [0.25, 0.3) is 0 Å². The largest absolute Gasteiger partial charge is 0.462 e. The van der Waals surface area contributed by atoms with Crippen LogP contribution in [0.25, 0.3) is 0 Å². The Hall–Kier alpha value is -1.59. The van der Waals surface area contributed by atoms with Crippen LogP contribution in [-0.4, -0.2) is 37.2 Å². The molecule has 0 aromatic rings. The van der Waals surface area contributed by atoms with Gasteiger partial charge in [0.2, 0.25) is 0 Å². The molecule has 0 saturated heterocycles. The minimum Gasteiger partial charge on any atom is -0.462 e. The fourth-order valence-electron chi connectivity index (χ4n) is 7.46. The number of carbonyl (C=O) groups is 3. The molecule has 0 fully saturated rings. The van der Waals surface area contributed by atoms with Crippen molar-refractivity contribution in [2.75, 3.05) is 13.2 Å². The van der Waals surface area contributed by atoms with Crippen molar-refractivity contribution in [2.45, 2.75) is 278 Å². The van der Waals surface area contributed by atoms with E-state index in [9.17, 15) is 14.4 Å². The number of unbranched alkanes of at least 4 members (excludes halogenated alkanes) is 29. The zero-order chi connectivity index (χ0) is 41.2. The van der Waals surface area contributed by atoms with E-state index in [0.717, 1.165) is 76.0 Å². The lowest BCUT2D eigenvalue weighted by Crippen LogP contribution is -2.30. The van der Waals surface area contributed by atoms with Crippen molar-refractivity contribution in [3.63, 3.8) is 0 Å². The van der Waals surface area contributed by atoms with Crippen molar-refractivity contribution in [1.29, 1.82) is 0 Å². The molecule has 6 nitrogen and oxygen atoms in total. The van der Waals surface area contributed by atoms with Gasteiger partial charge >= 0.3 is 17.9 Å². The molecule has 0 heterocycles. The van der Waals surface area contributed by atoms with Gasteiger partial charge in [0.1, 0.15) is 13.2 Å². The monoisotopic (exact) mass is 793 g/mol. The number of hydrogen-bond acceptors (Lipinski definition) is 6. The first-order valence-corrected chi connectivity index (χ1v) is 24.7. The van der Waals surface area contributed by atoms with Crippen LogP contribution in [0.5, 0.6) is 0 Å². The summed E-state index contributed by atoms with van der Waals surface area (Å²) in [6.45, 7) is 11.3. The Morgan fingerprint density at radius 3 is 0.875 bits per heavy atom. The van der Waals surface area contributed by atoms with E-state index in [1.807, 2.05) is 0 Å². The second-order valence-electron chi connectivity index (χ2n) is 18.1. The van der Waals surface area contributed by atoms with Crippen LogP contribution in [0.2, 0.25) is 0 Å². The molecule has 0 unspecified atom stereocenters. The molecule has 0 bridgehead atoms. The third-order valence-electron chi connectivity index (χ3n) is 11.2. The molecule has 0 spiro atoms. The minimum atomic E-state index is -0.759. The molecule has 0 N–H and O–H groups in total. The van der Waals surface area contributed by atoms with E-state index >= 15 is 0 Å². The van der Waals surface area contributed by atoms with Crippen LogP contribution in [-0.2, 0) is 28.6 Å². The molecule has 56 heavy (non-hydrogen) atoms. The van der Waals surface area contributed by atoms with Gasteiger partial charge < -0.3 is 14.2 Å². The predicted octanol–water partition coefficient (Wildman–Crippen LogP) is 15.8. The maximum Gasteiger partial charge on any atom is 0.306 e. The van der Waals surface area contributed by atoms with Crippen molar-refractivity contribution < 1.29 is 28.6 Å². The van der Waals surface area contributed by atoms with E-state index < -0.39 is 6.10 Å². The lowest BCUT2D eigenvalue weighted by Gasteiger charge is -2.18. The predicted molar refractivity (Wildman–Crippen MR) is 238 cm³/mol. The minimum absolute atomic E-state index is 0.0650. The Balaban J connectivity index is 4.13. The Morgan fingerprint density at radius 1 is 0.339 bits per heavy atom. The van der Waals surface area contributed by atoms with E-state index in [-0.39, 0.29) is 31.1 Å². The molecule has 332 valence electrons. The number of esters is 3. The normalized spacial score (nSPS) is 12.1. The van der Waals surface area contributed by atoms with Gasteiger partial charge in [-0.25, -0.2) is 0 Å². The molecule has 0 aromatic carbocycles. The summed E-state index contributed by atoms with van der Waals surface area (Å²) in [5.74, 6) is 0.817. The molecule has 0 aliphatic heterocycles. The SMILES string of the molecule is CCCCCCCC(=O)OC[C@@H](COC(=O)CCCCCCCCCCCCCCC(C)C)OC(=O)CCCCCCCCCCCCCCCCCC(C)C. The molecular weight excluding hydrogens is 697 g/mol. The highest BCUT2D eigenvalue weighted by Crippen LogP contribution is 2.17. The van der Waals surface area contributed by atoms with Gasteiger partial charge in [-0.15, -0.1) is 0 Å². The smallest absolute Gasteiger partial charge is 0.306 e. The van der Waals surface area contributed by atoms with Gasteiger partial charge in [-0.05, 0) is 31.1 Å². The van der Waals surface area contributed by atoms with Gasteiger partial charge in [-0.3, -0.25) is 14.4 Å². The fraction of sp³-hybridized carbons (Fsp3) is 0.940. The molecule has 0 aliphatic carbocycles. The van der Waals surface area contributed by atoms with Crippen molar-refractivity contribution >= 4 is 17.9 Å². The molecular formula is C50H96O6. The summed E-state index contributed by atoms with van der Waals surface area (Å²) in [5.41, 5.74) is 0. The van der Waals surface area contributed by atoms with E-state index in [0.29, 0.717) is 19.3 Å². The lowest BCUT2D eigenvalue weighted by atomic mass is 10.0. The lowest BCUT2D eigenvalue weighted by molar-refractivity contribution is -0.167. The van der Waals surface area contributed by atoms with Crippen molar-refractivity contribution in [3.05, 3.63) is 0 Å². The number of ether oxygens (including phenoxy) is 3. The first-order valence-electron chi connectivity index (χ1n) is 24.7. The molecule has 0 aromatic heterocycles. The van der Waals surface area contributed by atoms with Crippen molar-refractivity contribution in [2.24, 2.45) is 11.8 Å². The summed E-state index contributed by atoms with van der Waals surface area (Å²) in [6.07, 6.45) is 42.6. The third kappa shape index (κ3) is 43.5. The highest BCUT2D eigenvalue weighted by Gasteiger charge is 2.19. The summed E-state index contributed by atoms with van der Waals surface area (Å²) in [4.78, 5) is 37.6. The van der Waals surface area contributed by atoms with Crippen LogP contribution in [0.3, 0.4) is 0 Å². The molecule has 1 atom stereocenters. The first-order chi connectivity index (χ1) is 27.2. The molecule has 0 radical (unpaired) electrons. The van der Waals surface area contributed by atoms with Crippen LogP contribution >= 0.6 is 0 Å². The zero-order valence-corrected chi connectivity index (χ0v) is 38.3. The van der Waals surface area contributed by atoms with Crippen molar-refractivity contribution in [1.82, 2.24) is 0 Å². The van der Waals surface area contributed by atoms with Crippen LogP contribution < -0.4 is 0 Å². The molecule has 0 rings (SSSR count). The average Bonchev–Trinajstić information content (AvgIpc) is 3.16. The van der Waals surface area contributed by atoms with Crippen molar-refractivity contribution in [3.8, 4) is 0 Å². The maximum atomic E-state index is 12.7. The second kappa shape index (κ2) is 43.0. The third-order valence-corrected chi connectivity index (χ3v) is 11.2. The molecule has 0 saturated carbocycles. The average molecular weight is 793 g/mol. The van der Waals surface area contributed by atoms with Crippen LogP contribution in [0, 0.1) is 11.8 Å². The Morgan fingerprint density at radius 2 is 0.589 bits per heavy atom. The van der Waals surface area contributed by atoms with E-state index in [2.05, 4.69) is 34.6 Å². The second-order valence-corrected chi connectivity index (χ2v) is 18.1. The number of hydrogen-bond donors (Lipinski definition) is 0. The zero-order valence-electron chi connectivity index (χ0n) is 38.3. The van der Waals surface area contributed by atoms with Gasteiger partial charge in [-0.1, -0.05) is 234 Å². The van der Waals surface area contributed by atoms with Crippen LogP contribution in [0.4, 0.5) is 0 Å². The summed E-state index contributed by atoms with van der Waals surface area (Å²) < 4.78 is 16.7. The standard InChI is InChI=1S/C50H96O6/c1-6-7-8-28-35-40-48(51)54-43-47(44-55-49(52)41-36-31-26-22-18-15-14-17-21-25-30-34-39-46(4)5)56-50(53)42-37-32-27-23-19-13-11-9-10-12-16-20-24-29-33-38-45(2)3/h45-47H,6-44H2,1-5H3/t47-/m0/s1. The van der Waals surface area contributed by atoms with Gasteiger partial charge in [0.15, 0.2) is 6.10 Å². The summed E-state index contributed by atoms with van der Waals surface area (Å²) in [6, 6.07) is 0. The van der Waals surface area contributed by atoms with Crippen LogP contribution in [0.1, 0.15) is 272 Å². The molecule has 6 heteroatoms. The van der Waals surface area contributed by atoms with Crippen LogP contribution in [0.15, 0.2) is 0 Å². The topological polar surface area (TPSA) is 78.9 Å². The van der Waals surface area contributed by atoms with Gasteiger partial charge in [0, 0.05) is 19.3 Å². The van der Waals surface area contributed by atoms with Gasteiger partial charge in [0.05, 0.1) is 0 Å². The Bertz CT molecular complexity index is 854. The number of carbonyl (C=O) groups excluding carboxylic acids is 3. The number of rotatable bonds is 44. The fourth-order valence-corrected chi connectivity index (χ4v) is 7.46. The first kappa shape index (κ1) is 54.4. The maximum absolute atomic E-state index is 12.7. The highest BCUT2D eigenvalue weighted by atomic mass is 16.6.